The van der Waals surface area contributed by atoms with Crippen LogP contribution in [0.2, 0.25) is 0 Å². The van der Waals surface area contributed by atoms with E-state index in [2.05, 4.69) is 5.32 Å². The zero-order chi connectivity index (χ0) is 15.1. The van der Waals surface area contributed by atoms with Gasteiger partial charge in [0.05, 0.1) is 0 Å². The van der Waals surface area contributed by atoms with Gasteiger partial charge in [-0.3, -0.25) is 4.79 Å². The predicted molar refractivity (Wildman–Crippen MR) is 84.5 cm³/mol. The molecule has 0 aliphatic heterocycles. The lowest BCUT2D eigenvalue weighted by atomic mass is 10.1. The highest BCUT2D eigenvalue weighted by atomic mass is 16.5. The lowest BCUT2D eigenvalue weighted by Crippen LogP contribution is -2.29. The molecular formula is C18H21NO2. The number of amides is 1. The van der Waals surface area contributed by atoms with Gasteiger partial charge in [0.1, 0.15) is 11.5 Å². The fourth-order valence-corrected chi connectivity index (χ4v) is 1.92. The largest absolute Gasteiger partial charge is 0.457 e. The van der Waals surface area contributed by atoms with Gasteiger partial charge in [-0.05, 0) is 36.2 Å². The van der Waals surface area contributed by atoms with Crippen LogP contribution in [0.5, 0.6) is 11.5 Å². The maximum atomic E-state index is 11.5. The first kappa shape index (κ1) is 15.1. The van der Waals surface area contributed by atoms with Crippen LogP contribution >= 0.6 is 0 Å². The van der Waals surface area contributed by atoms with Gasteiger partial charge < -0.3 is 10.1 Å². The van der Waals surface area contributed by atoms with Gasteiger partial charge in [0.2, 0.25) is 5.91 Å². The van der Waals surface area contributed by atoms with E-state index in [1.54, 1.807) is 0 Å². The molecular weight excluding hydrogens is 262 g/mol. The Morgan fingerprint density at radius 1 is 1.05 bits per heavy atom. The van der Waals surface area contributed by atoms with Gasteiger partial charge in [-0.15, -0.1) is 0 Å². The third kappa shape index (κ3) is 4.95. The van der Waals surface area contributed by atoms with E-state index < -0.39 is 0 Å². The summed E-state index contributed by atoms with van der Waals surface area (Å²) < 4.78 is 5.80. The standard InChI is InChI=1S/C18H21NO2/c1-14(2)18(20)19-12-11-15-7-6-10-17(13-15)21-16-8-4-3-5-9-16/h3-10,13-14H,11-12H2,1-2H3,(H,19,20). The van der Waals surface area contributed by atoms with Crippen LogP contribution in [0.4, 0.5) is 0 Å². The smallest absolute Gasteiger partial charge is 0.222 e. The van der Waals surface area contributed by atoms with Gasteiger partial charge in [0, 0.05) is 12.5 Å². The SMILES string of the molecule is CC(C)C(=O)NCCc1cccc(Oc2ccccc2)c1. The molecule has 0 radical (unpaired) electrons. The molecule has 0 atom stereocenters. The Hall–Kier alpha value is -2.29. The average molecular weight is 283 g/mol. The number of para-hydroxylation sites is 1. The maximum Gasteiger partial charge on any atom is 0.222 e. The molecule has 3 heteroatoms. The average Bonchev–Trinajstić information content (AvgIpc) is 2.48. The van der Waals surface area contributed by atoms with Crippen molar-refractivity contribution in [3.63, 3.8) is 0 Å². The number of benzene rings is 2. The van der Waals surface area contributed by atoms with Crippen molar-refractivity contribution in [1.82, 2.24) is 5.32 Å². The van der Waals surface area contributed by atoms with Gasteiger partial charge in [-0.2, -0.15) is 0 Å². The number of hydrogen-bond donors (Lipinski definition) is 1. The molecule has 0 unspecified atom stereocenters. The van der Waals surface area contributed by atoms with Crippen LogP contribution in [0.25, 0.3) is 0 Å². The van der Waals surface area contributed by atoms with Crippen LogP contribution in [0.15, 0.2) is 54.6 Å². The second-order valence-corrected chi connectivity index (χ2v) is 5.26. The number of carbonyl (C=O) groups excluding carboxylic acids is 1. The fraction of sp³-hybridized carbons (Fsp3) is 0.278. The number of hydrogen-bond acceptors (Lipinski definition) is 2. The van der Waals surface area contributed by atoms with E-state index in [0.29, 0.717) is 6.54 Å². The summed E-state index contributed by atoms with van der Waals surface area (Å²) in [6.45, 7) is 4.43. The Balaban J connectivity index is 1.90. The van der Waals surface area contributed by atoms with Gasteiger partial charge >= 0.3 is 0 Å². The molecule has 2 rings (SSSR count). The number of ether oxygens (including phenoxy) is 1. The van der Waals surface area contributed by atoms with E-state index in [-0.39, 0.29) is 11.8 Å². The number of nitrogens with one attached hydrogen (secondary N) is 1. The van der Waals surface area contributed by atoms with Crippen LogP contribution in [0, 0.1) is 5.92 Å². The molecule has 21 heavy (non-hydrogen) atoms. The van der Waals surface area contributed by atoms with Crippen LogP contribution in [-0.2, 0) is 11.2 Å². The fourth-order valence-electron chi connectivity index (χ4n) is 1.92. The highest BCUT2D eigenvalue weighted by molar-refractivity contribution is 5.77. The summed E-state index contributed by atoms with van der Waals surface area (Å²) >= 11 is 0. The molecule has 0 saturated carbocycles. The lowest BCUT2D eigenvalue weighted by Gasteiger charge is -2.09. The van der Waals surface area contributed by atoms with E-state index in [4.69, 9.17) is 4.74 Å². The summed E-state index contributed by atoms with van der Waals surface area (Å²) in [6.07, 6.45) is 0.796. The molecule has 0 saturated heterocycles. The van der Waals surface area contributed by atoms with E-state index in [0.717, 1.165) is 23.5 Å². The second-order valence-electron chi connectivity index (χ2n) is 5.26. The van der Waals surface area contributed by atoms with Gasteiger partial charge in [0.15, 0.2) is 0 Å². The zero-order valence-corrected chi connectivity index (χ0v) is 12.5. The van der Waals surface area contributed by atoms with E-state index in [9.17, 15) is 4.79 Å². The maximum absolute atomic E-state index is 11.5. The Morgan fingerprint density at radius 2 is 1.76 bits per heavy atom. The zero-order valence-electron chi connectivity index (χ0n) is 12.5. The molecule has 110 valence electrons. The molecule has 0 aliphatic rings. The van der Waals surface area contributed by atoms with E-state index >= 15 is 0 Å². The second kappa shape index (κ2) is 7.48. The van der Waals surface area contributed by atoms with Crippen LogP contribution < -0.4 is 10.1 Å². The molecule has 0 heterocycles. The molecule has 2 aromatic rings. The molecule has 0 bridgehead atoms. The summed E-state index contributed by atoms with van der Waals surface area (Å²) in [4.78, 5) is 11.5. The third-order valence-electron chi connectivity index (χ3n) is 3.11. The molecule has 1 amide bonds. The minimum absolute atomic E-state index is 0.0257. The van der Waals surface area contributed by atoms with Crippen molar-refractivity contribution < 1.29 is 9.53 Å². The summed E-state index contributed by atoms with van der Waals surface area (Å²) in [6, 6.07) is 17.7. The topological polar surface area (TPSA) is 38.3 Å². The summed E-state index contributed by atoms with van der Waals surface area (Å²) in [7, 11) is 0. The van der Waals surface area contributed by atoms with Gasteiger partial charge in [-0.25, -0.2) is 0 Å². The Kier molecular flexibility index (Phi) is 5.38. The Morgan fingerprint density at radius 3 is 2.48 bits per heavy atom. The quantitative estimate of drug-likeness (QED) is 0.876. The summed E-state index contributed by atoms with van der Waals surface area (Å²) in [5.74, 6) is 1.75. The molecule has 1 N–H and O–H groups in total. The highest BCUT2D eigenvalue weighted by Gasteiger charge is 2.05. The molecule has 3 nitrogen and oxygen atoms in total. The van der Waals surface area contributed by atoms with Crippen molar-refractivity contribution in [2.24, 2.45) is 5.92 Å². The first-order valence-corrected chi connectivity index (χ1v) is 7.24. The lowest BCUT2D eigenvalue weighted by molar-refractivity contribution is -0.123. The monoisotopic (exact) mass is 283 g/mol. The van der Waals surface area contributed by atoms with Crippen molar-refractivity contribution >= 4 is 5.91 Å². The molecule has 0 spiro atoms. The number of carbonyl (C=O) groups is 1. The van der Waals surface area contributed by atoms with Crippen molar-refractivity contribution in [1.29, 1.82) is 0 Å². The minimum atomic E-state index is 0.0257. The van der Waals surface area contributed by atoms with Gasteiger partial charge in [-0.1, -0.05) is 44.2 Å². The van der Waals surface area contributed by atoms with Crippen LogP contribution in [-0.4, -0.2) is 12.5 Å². The molecule has 0 fully saturated rings. The first-order chi connectivity index (χ1) is 10.1. The third-order valence-corrected chi connectivity index (χ3v) is 3.11. The van der Waals surface area contributed by atoms with E-state index in [1.165, 1.54) is 0 Å². The Labute approximate surface area is 126 Å². The highest BCUT2D eigenvalue weighted by Crippen LogP contribution is 2.21. The van der Waals surface area contributed by atoms with E-state index in [1.807, 2.05) is 68.4 Å². The van der Waals surface area contributed by atoms with Crippen LogP contribution in [0.3, 0.4) is 0 Å². The summed E-state index contributed by atoms with van der Waals surface area (Å²) in [5, 5.41) is 2.92. The molecule has 0 aliphatic carbocycles. The van der Waals surface area contributed by atoms with Crippen molar-refractivity contribution in [3.05, 3.63) is 60.2 Å². The van der Waals surface area contributed by atoms with Crippen LogP contribution in [0.1, 0.15) is 19.4 Å². The molecule has 2 aromatic carbocycles. The molecule has 0 aromatic heterocycles. The Bertz CT molecular complexity index is 579. The predicted octanol–water partition coefficient (Wildman–Crippen LogP) is 3.79. The van der Waals surface area contributed by atoms with Gasteiger partial charge in [0.25, 0.3) is 0 Å². The normalized spacial score (nSPS) is 10.4. The van der Waals surface area contributed by atoms with Crippen molar-refractivity contribution in [2.75, 3.05) is 6.54 Å². The first-order valence-electron chi connectivity index (χ1n) is 7.24. The number of rotatable bonds is 6. The summed E-state index contributed by atoms with van der Waals surface area (Å²) in [5.41, 5.74) is 1.15. The minimum Gasteiger partial charge on any atom is -0.457 e. The van der Waals surface area contributed by atoms with Crippen molar-refractivity contribution in [3.8, 4) is 11.5 Å². The van der Waals surface area contributed by atoms with Crippen molar-refractivity contribution in [2.45, 2.75) is 20.3 Å².